The van der Waals surface area contributed by atoms with Gasteiger partial charge in [-0.15, -0.1) is 0 Å². The number of carbonyl (C=O) groups excluding carboxylic acids is 1. The van der Waals surface area contributed by atoms with Gasteiger partial charge in [-0.2, -0.15) is 28.5 Å². The van der Waals surface area contributed by atoms with Gasteiger partial charge in [0.1, 0.15) is 17.9 Å². The Morgan fingerprint density at radius 2 is 2.17 bits per heavy atom. The fourth-order valence-corrected chi connectivity index (χ4v) is 2.32. The average molecular weight is 393 g/mol. The molecular weight excluding hydrogens is 381 g/mol. The molecule has 0 aliphatic carbocycles. The van der Waals surface area contributed by atoms with Crippen molar-refractivity contribution in [3.05, 3.63) is 33.8 Å². The van der Waals surface area contributed by atoms with E-state index in [0.717, 1.165) is 10.9 Å². The number of hydrazone groups is 1. The standard InChI is InChI=1S/C12H12BrF3N6O/c1-7-9(13)10(21(2)19-7)11(23)18-17-5-8-3-4-22(20-8)6-12(14,15)16/h3-5H,6H2,1-2H3,(H,18,23)/b17-5-. The number of rotatable bonds is 4. The van der Waals surface area contributed by atoms with Crippen LogP contribution in [0.15, 0.2) is 21.8 Å². The molecule has 1 N–H and O–H groups in total. The second-order valence-electron chi connectivity index (χ2n) is 4.62. The smallest absolute Gasteiger partial charge is 0.266 e. The van der Waals surface area contributed by atoms with Crippen LogP contribution in [0.4, 0.5) is 13.2 Å². The van der Waals surface area contributed by atoms with Crippen molar-refractivity contribution in [1.82, 2.24) is 25.0 Å². The van der Waals surface area contributed by atoms with Gasteiger partial charge >= 0.3 is 6.18 Å². The summed E-state index contributed by atoms with van der Waals surface area (Å²) in [6, 6.07) is 1.35. The molecule has 0 saturated carbocycles. The van der Waals surface area contributed by atoms with Crippen molar-refractivity contribution in [3.63, 3.8) is 0 Å². The number of carbonyl (C=O) groups is 1. The van der Waals surface area contributed by atoms with Gasteiger partial charge in [0.05, 0.1) is 16.4 Å². The van der Waals surface area contributed by atoms with Gasteiger partial charge < -0.3 is 0 Å². The third kappa shape index (κ3) is 4.41. The van der Waals surface area contributed by atoms with Crippen LogP contribution in [0.2, 0.25) is 0 Å². The number of amides is 1. The second kappa shape index (κ2) is 6.52. The summed E-state index contributed by atoms with van der Waals surface area (Å²) in [5.41, 5.74) is 3.38. The van der Waals surface area contributed by atoms with Crippen LogP contribution in [0.5, 0.6) is 0 Å². The first-order valence-corrected chi connectivity index (χ1v) is 7.09. The summed E-state index contributed by atoms with van der Waals surface area (Å²) in [5.74, 6) is -0.508. The average Bonchev–Trinajstić information content (AvgIpc) is 2.93. The lowest BCUT2D eigenvalue weighted by Gasteiger charge is -2.04. The van der Waals surface area contributed by atoms with Crippen LogP contribution >= 0.6 is 15.9 Å². The van der Waals surface area contributed by atoms with Crippen LogP contribution < -0.4 is 5.43 Å². The van der Waals surface area contributed by atoms with Crippen LogP contribution in [0.1, 0.15) is 21.9 Å². The van der Waals surface area contributed by atoms with Crippen molar-refractivity contribution in [3.8, 4) is 0 Å². The highest BCUT2D eigenvalue weighted by Gasteiger charge is 2.28. The first-order chi connectivity index (χ1) is 10.7. The predicted octanol–water partition coefficient (Wildman–Crippen LogP) is 2.01. The minimum absolute atomic E-state index is 0.190. The van der Waals surface area contributed by atoms with Gasteiger partial charge in [0, 0.05) is 13.2 Å². The molecule has 0 aromatic carbocycles. The Kier molecular flexibility index (Phi) is 4.88. The molecule has 0 atom stereocenters. The summed E-state index contributed by atoms with van der Waals surface area (Å²) in [4.78, 5) is 12.0. The zero-order chi connectivity index (χ0) is 17.2. The van der Waals surface area contributed by atoms with Gasteiger partial charge in [0.25, 0.3) is 5.91 Å². The first-order valence-electron chi connectivity index (χ1n) is 6.30. The maximum Gasteiger partial charge on any atom is 0.408 e. The third-order valence-electron chi connectivity index (χ3n) is 2.73. The molecule has 11 heteroatoms. The van der Waals surface area contributed by atoms with E-state index in [9.17, 15) is 18.0 Å². The molecule has 0 saturated heterocycles. The molecular formula is C12H12BrF3N6O. The molecule has 124 valence electrons. The van der Waals surface area contributed by atoms with Gasteiger partial charge in [-0.1, -0.05) is 0 Å². The lowest BCUT2D eigenvalue weighted by molar-refractivity contribution is -0.142. The number of nitrogens with zero attached hydrogens (tertiary/aromatic N) is 5. The molecule has 1 amide bonds. The summed E-state index contributed by atoms with van der Waals surface area (Å²) in [6.45, 7) is 0.547. The van der Waals surface area contributed by atoms with Crippen molar-refractivity contribution >= 4 is 28.1 Å². The lowest BCUT2D eigenvalue weighted by Crippen LogP contribution is -2.21. The van der Waals surface area contributed by atoms with E-state index in [2.05, 4.69) is 36.7 Å². The molecule has 23 heavy (non-hydrogen) atoms. The van der Waals surface area contributed by atoms with Crippen molar-refractivity contribution < 1.29 is 18.0 Å². The van der Waals surface area contributed by atoms with Gasteiger partial charge in [-0.25, -0.2) is 5.43 Å². The zero-order valence-corrected chi connectivity index (χ0v) is 13.7. The Balaban J connectivity index is 2.00. The number of halogens is 4. The summed E-state index contributed by atoms with van der Waals surface area (Å²) in [5, 5.41) is 11.4. The fraction of sp³-hybridized carbons (Fsp3) is 0.333. The Hall–Kier alpha value is -2.17. The van der Waals surface area contributed by atoms with E-state index < -0.39 is 18.6 Å². The highest BCUT2D eigenvalue weighted by atomic mass is 79.9. The molecule has 0 aliphatic rings. The quantitative estimate of drug-likeness (QED) is 0.638. The Labute approximate surface area is 137 Å². The molecule has 2 aromatic heterocycles. The van der Waals surface area contributed by atoms with E-state index >= 15 is 0 Å². The summed E-state index contributed by atoms with van der Waals surface area (Å²) in [6.07, 6.45) is -2.02. The van der Waals surface area contributed by atoms with Crippen LogP contribution in [0.3, 0.4) is 0 Å². The highest BCUT2D eigenvalue weighted by molar-refractivity contribution is 9.10. The molecule has 0 fully saturated rings. The molecule has 0 unspecified atom stereocenters. The van der Waals surface area contributed by atoms with Crippen LogP contribution in [0, 0.1) is 6.92 Å². The predicted molar refractivity (Wildman–Crippen MR) is 79.0 cm³/mol. The maximum absolute atomic E-state index is 12.2. The molecule has 2 rings (SSSR count). The van der Waals surface area contributed by atoms with Crippen LogP contribution in [-0.4, -0.2) is 37.9 Å². The number of aryl methyl sites for hydroxylation is 2. The number of alkyl halides is 3. The van der Waals surface area contributed by atoms with Crippen LogP contribution in [-0.2, 0) is 13.6 Å². The number of nitrogens with one attached hydrogen (secondary N) is 1. The SMILES string of the molecule is Cc1nn(C)c(C(=O)N/N=C\c2ccn(CC(F)(F)F)n2)c1Br. The minimum Gasteiger partial charge on any atom is -0.266 e. The molecule has 0 spiro atoms. The maximum atomic E-state index is 12.2. The van der Waals surface area contributed by atoms with E-state index in [1.807, 2.05) is 0 Å². The van der Waals surface area contributed by atoms with Gasteiger partial charge in [0.15, 0.2) is 0 Å². The van der Waals surface area contributed by atoms with Crippen LogP contribution in [0.25, 0.3) is 0 Å². The van der Waals surface area contributed by atoms with Crippen molar-refractivity contribution in [2.24, 2.45) is 12.1 Å². The Bertz CT molecular complexity index is 749. The molecule has 7 nitrogen and oxygen atoms in total. The molecule has 0 bridgehead atoms. The molecule has 0 radical (unpaired) electrons. The highest BCUT2D eigenvalue weighted by Crippen LogP contribution is 2.20. The Morgan fingerprint density at radius 3 is 2.74 bits per heavy atom. The van der Waals surface area contributed by atoms with Gasteiger partial charge in [0.2, 0.25) is 0 Å². The lowest BCUT2D eigenvalue weighted by atomic mass is 10.3. The second-order valence-corrected chi connectivity index (χ2v) is 5.42. The summed E-state index contributed by atoms with van der Waals surface area (Å²) in [7, 11) is 1.61. The van der Waals surface area contributed by atoms with E-state index in [-0.39, 0.29) is 11.4 Å². The van der Waals surface area contributed by atoms with E-state index in [1.165, 1.54) is 16.9 Å². The topological polar surface area (TPSA) is 77.1 Å². The largest absolute Gasteiger partial charge is 0.408 e. The van der Waals surface area contributed by atoms with E-state index in [1.54, 1.807) is 14.0 Å². The van der Waals surface area contributed by atoms with Gasteiger partial charge in [-0.3, -0.25) is 14.2 Å². The summed E-state index contributed by atoms with van der Waals surface area (Å²) >= 11 is 3.25. The van der Waals surface area contributed by atoms with E-state index in [4.69, 9.17) is 0 Å². The molecule has 0 aliphatic heterocycles. The van der Waals surface area contributed by atoms with Crippen molar-refractivity contribution in [2.45, 2.75) is 19.6 Å². The zero-order valence-electron chi connectivity index (χ0n) is 12.1. The summed E-state index contributed by atoms with van der Waals surface area (Å²) < 4.78 is 39.3. The first kappa shape index (κ1) is 17.2. The normalized spacial score (nSPS) is 12.1. The molecule has 2 aromatic rings. The van der Waals surface area contributed by atoms with Gasteiger partial charge in [-0.05, 0) is 28.9 Å². The molecule has 2 heterocycles. The van der Waals surface area contributed by atoms with Crippen molar-refractivity contribution in [2.75, 3.05) is 0 Å². The monoisotopic (exact) mass is 392 g/mol. The number of aromatic nitrogens is 4. The third-order valence-corrected chi connectivity index (χ3v) is 3.68. The Morgan fingerprint density at radius 1 is 1.48 bits per heavy atom. The number of hydrogen-bond donors (Lipinski definition) is 1. The van der Waals surface area contributed by atoms with Crippen molar-refractivity contribution in [1.29, 1.82) is 0 Å². The minimum atomic E-state index is -4.35. The number of hydrogen-bond acceptors (Lipinski definition) is 4. The fourth-order valence-electron chi connectivity index (χ4n) is 1.81. The van der Waals surface area contributed by atoms with E-state index in [0.29, 0.717) is 10.2 Å².